The Labute approximate surface area is 97.7 Å². The van der Waals surface area contributed by atoms with Crippen molar-refractivity contribution < 1.29 is 4.79 Å². The van der Waals surface area contributed by atoms with Crippen LogP contribution in [0.5, 0.6) is 0 Å². The van der Waals surface area contributed by atoms with Crippen LogP contribution in [0, 0.1) is 0 Å². The molecule has 2 fully saturated rings. The molecule has 2 aliphatic rings. The van der Waals surface area contributed by atoms with Crippen LogP contribution in [0.4, 0.5) is 0 Å². The summed E-state index contributed by atoms with van der Waals surface area (Å²) < 4.78 is 0. The quantitative estimate of drug-likeness (QED) is 0.787. The van der Waals surface area contributed by atoms with E-state index in [9.17, 15) is 4.79 Å². The van der Waals surface area contributed by atoms with E-state index in [0.717, 1.165) is 17.5 Å². The molecule has 3 heterocycles. The number of thiophene rings is 1. The van der Waals surface area contributed by atoms with E-state index >= 15 is 0 Å². The van der Waals surface area contributed by atoms with Gasteiger partial charge in [-0.25, -0.2) is 0 Å². The van der Waals surface area contributed by atoms with E-state index in [0.29, 0.717) is 18.4 Å². The molecule has 3 rings (SSSR count). The van der Waals surface area contributed by atoms with Crippen LogP contribution in [0.25, 0.3) is 0 Å². The summed E-state index contributed by atoms with van der Waals surface area (Å²) in [6.45, 7) is 0.984. The molecule has 2 bridgehead atoms. The first kappa shape index (κ1) is 9.73. The summed E-state index contributed by atoms with van der Waals surface area (Å²) in [6.07, 6.45) is 1.82. The highest BCUT2D eigenvalue weighted by molar-refractivity contribution is 8.00. The number of carbonyl (C=O) groups excluding carboxylic acids is 1. The fourth-order valence-corrected chi connectivity index (χ4v) is 4.48. The van der Waals surface area contributed by atoms with Gasteiger partial charge in [-0.2, -0.15) is 23.1 Å². The molecule has 1 amide bonds. The molecule has 15 heavy (non-hydrogen) atoms. The van der Waals surface area contributed by atoms with Gasteiger partial charge in [0, 0.05) is 23.6 Å². The van der Waals surface area contributed by atoms with E-state index in [2.05, 4.69) is 10.3 Å². The first-order valence-corrected chi connectivity index (χ1v) is 7.24. The summed E-state index contributed by atoms with van der Waals surface area (Å²) in [5.41, 5.74) is 1.17. The van der Waals surface area contributed by atoms with Gasteiger partial charge in [0.2, 0.25) is 5.91 Å². The van der Waals surface area contributed by atoms with E-state index in [1.807, 2.05) is 23.2 Å². The molecule has 0 saturated carbocycles. The Balaban J connectivity index is 1.66. The number of thioether (sulfide) groups is 1. The van der Waals surface area contributed by atoms with Crippen molar-refractivity contribution in [2.75, 3.05) is 12.3 Å². The molecule has 4 heteroatoms. The molecule has 0 radical (unpaired) electrons. The van der Waals surface area contributed by atoms with Gasteiger partial charge < -0.3 is 4.90 Å². The molecule has 0 spiro atoms. The molecule has 2 unspecified atom stereocenters. The van der Waals surface area contributed by atoms with E-state index < -0.39 is 0 Å². The molecular weight excluding hydrogens is 226 g/mol. The van der Waals surface area contributed by atoms with Crippen molar-refractivity contribution in [3.63, 3.8) is 0 Å². The topological polar surface area (TPSA) is 20.3 Å². The molecular formula is C11H13NOS2. The molecule has 2 atom stereocenters. The highest BCUT2D eigenvalue weighted by Crippen LogP contribution is 2.37. The SMILES string of the molecule is O=C(Cc1ccsc1)N1CC2CC1CS2. The van der Waals surface area contributed by atoms with Crippen molar-refractivity contribution in [3.05, 3.63) is 22.4 Å². The van der Waals surface area contributed by atoms with E-state index in [4.69, 9.17) is 0 Å². The summed E-state index contributed by atoms with van der Waals surface area (Å²) in [6, 6.07) is 2.58. The second-order valence-corrected chi connectivity index (χ2v) is 6.31. The molecule has 2 saturated heterocycles. The minimum atomic E-state index is 0.321. The summed E-state index contributed by atoms with van der Waals surface area (Å²) in [5.74, 6) is 1.47. The van der Waals surface area contributed by atoms with Crippen molar-refractivity contribution in [1.29, 1.82) is 0 Å². The lowest BCUT2D eigenvalue weighted by molar-refractivity contribution is -0.130. The average Bonchev–Trinajstić information content (AvgIpc) is 2.93. The Kier molecular flexibility index (Phi) is 2.48. The molecule has 1 aromatic rings. The number of amides is 1. The zero-order valence-electron chi connectivity index (χ0n) is 8.39. The highest BCUT2D eigenvalue weighted by atomic mass is 32.2. The van der Waals surface area contributed by atoms with Crippen molar-refractivity contribution in [3.8, 4) is 0 Å². The molecule has 2 aliphatic heterocycles. The maximum Gasteiger partial charge on any atom is 0.227 e. The normalized spacial score (nSPS) is 28.7. The second kappa shape index (κ2) is 3.83. The van der Waals surface area contributed by atoms with E-state index in [1.165, 1.54) is 12.0 Å². The van der Waals surface area contributed by atoms with Crippen LogP contribution in [0.1, 0.15) is 12.0 Å². The van der Waals surface area contributed by atoms with Crippen LogP contribution in [0.2, 0.25) is 0 Å². The van der Waals surface area contributed by atoms with Gasteiger partial charge in [0.25, 0.3) is 0 Å². The van der Waals surface area contributed by atoms with E-state index in [1.54, 1.807) is 11.3 Å². The first-order chi connectivity index (χ1) is 7.33. The van der Waals surface area contributed by atoms with Gasteiger partial charge in [-0.15, -0.1) is 0 Å². The Morgan fingerprint density at radius 3 is 3.13 bits per heavy atom. The highest BCUT2D eigenvalue weighted by Gasteiger charge is 2.40. The number of rotatable bonds is 2. The smallest absolute Gasteiger partial charge is 0.227 e. The standard InChI is InChI=1S/C11H13NOS2/c13-11(3-8-1-2-14-6-8)12-5-10-4-9(12)7-15-10/h1-2,6,9-10H,3-5,7H2. The Hall–Kier alpha value is -0.480. The Bertz CT molecular complexity index is 363. The van der Waals surface area contributed by atoms with Gasteiger partial charge in [0.15, 0.2) is 0 Å². The zero-order chi connectivity index (χ0) is 10.3. The van der Waals surface area contributed by atoms with Crippen LogP contribution in [-0.4, -0.2) is 34.4 Å². The third kappa shape index (κ3) is 1.81. The molecule has 0 aliphatic carbocycles. The Morgan fingerprint density at radius 1 is 1.60 bits per heavy atom. The summed E-state index contributed by atoms with van der Waals surface area (Å²) in [5, 5.41) is 4.83. The average molecular weight is 239 g/mol. The van der Waals surface area contributed by atoms with Crippen molar-refractivity contribution in [2.45, 2.75) is 24.1 Å². The summed E-state index contributed by atoms with van der Waals surface area (Å²) in [4.78, 5) is 14.1. The largest absolute Gasteiger partial charge is 0.337 e. The van der Waals surface area contributed by atoms with Crippen LogP contribution >= 0.6 is 23.1 Å². The van der Waals surface area contributed by atoms with Gasteiger partial charge in [-0.05, 0) is 28.8 Å². The maximum atomic E-state index is 12.0. The molecule has 80 valence electrons. The number of nitrogens with zero attached hydrogens (tertiary/aromatic N) is 1. The minimum Gasteiger partial charge on any atom is -0.337 e. The van der Waals surface area contributed by atoms with Gasteiger partial charge in [0.1, 0.15) is 0 Å². The van der Waals surface area contributed by atoms with Gasteiger partial charge >= 0.3 is 0 Å². The first-order valence-electron chi connectivity index (χ1n) is 5.25. The zero-order valence-corrected chi connectivity index (χ0v) is 10.0. The monoisotopic (exact) mass is 239 g/mol. The van der Waals surface area contributed by atoms with Crippen LogP contribution in [0.15, 0.2) is 16.8 Å². The minimum absolute atomic E-state index is 0.321. The molecule has 0 N–H and O–H groups in total. The van der Waals surface area contributed by atoms with Crippen molar-refractivity contribution in [1.82, 2.24) is 4.90 Å². The summed E-state index contributed by atoms with van der Waals surface area (Å²) in [7, 11) is 0. The Morgan fingerprint density at radius 2 is 2.53 bits per heavy atom. The van der Waals surface area contributed by atoms with E-state index in [-0.39, 0.29) is 0 Å². The molecule has 2 nitrogen and oxygen atoms in total. The predicted molar refractivity (Wildman–Crippen MR) is 64.4 cm³/mol. The van der Waals surface area contributed by atoms with Crippen molar-refractivity contribution in [2.24, 2.45) is 0 Å². The number of fused-ring (bicyclic) bond motifs is 2. The van der Waals surface area contributed by atoms with Gasteiger partial charge in [0.05, 0.1) is 6.42 Å². The van der Waals surface area contributed by atoms with Gasteiger partial charge in [-0.1, -0.05) is 0 Å². The van der Waals surface area contributed by atoms with Crippen LogP contribution in [-0.2, 0) is 11.2 Å². The number of hydrogen-bond acceptors (Lipinski definition) is 3. The third-order valence-corrected chi connectivity index (χ3v) is 5.28. The lowest BCUT2D eigenvalue weighted by atomic mass is 10.2. The predicted octanol–water partition coefficient (Wildman–Crippen LogP) is 2.01. The van der Waals surface area contributed by atoms with Gasteiger partial charge in [-0.3, -0.25) is 4.79 Å². The number of carbonyl (C=O) groups is 1. The number of hydrogen-bond donors (Lipinski definition) is 0. The second-order valence-electron chi connectivity index (χ2n) is 4.20. The van der Waals surface area contributed by atoms with Crippen molar-refractivity contribution >= 4 is 29.0 Å². The molecule has 1 aromatic heterocycles. The summed E-state index contributed by atoms with van der Waals surface area (Å²) >= 11 is 3.69. The third-order valence-electron chi connectivity index (χ3n) is 3.16. The lowest BCUT2D eigenvalue weighted by Gasteiger charge is -2.26. The fourth-order valence-electron chi connectivity index (χ4n) is 2.37. The fraction of sp³-hybridized carbons (Fsp3) is 0.545. The maximum absolute atomic E-state index is 12.0. The number of likely N-dealkylation sites (tertiary alicyclic amines) is 1. The lowest BCUT2D eigenvalue weighted by Crippen LogP contribution is -2.39. The van der Waals surface area contributed by atoms with Crippen LogP contribution in [0.3, 0.4) is 0 Å². The molecule has 0 aromatic carbocycles. The van der Waals surface area contributed by atoms with Crippen LogP contribution < -0.4 is 0 Å².